The third-order valence-corrected chi connectivity index (χ3v) is 3.76. The number of carbonyl (C=O) groups is 2. The molecule has 0 aliphatic heterocycles. The van der Waals surface area contributed by atoms with Crippen molar-refractivity contribution in [3.05, 3.63) is 41.2 Å². The number of aromatic nitrogens is 3. The molecule has 0 unspecified atom stereocenters. The normalized spacial score (nSPS) is 11.3. The number of carboxylic acids is 1. The molecule has 0 aliphatic rings. The smallest absolute Gasteiger partial charge is 0.309 e. The SMILES string of the molecule is CC(C)(CCNC(=O)c1cn(-c2ccccc2Cl)nn1)C(=O)O. The maximum absolute atomic E-state index is 12.0. The van der Waals surface area contributed by atoms with Crippen LogP contribution in [0, 0.1) is 5.41 Å². The number of nitrogens with one attached hydrogen (secondary N) is 1. The average Bonchev–Trinajstić information content (AvgIpc) is 2.97. The molecule has 1 heterocycles. The van der Waals surface area contributed by atoms with Gasteiger partial charge in [0.1, 0.15) is 0 Å². The van der Waals surface area contributed by atoms with E-state index in [1.165, 1.54) is 10.9 Å². The minimum absolute atomic E-state index is 0.137. The highest BCUT2D eigenvalue weighted by Gasteiger charge is 2.26. The Morgan fingerprint density at radius 3 is 2.70 bits per heavy atom. The second kappa shape index (κ2) is 6.78. The fourth-order valence-corrected chi connectivity index (χ4v) is 2.03. The van der Waals surface area contributed by atoms with Gasteiger partial charge in [0.2, 0.25) is 0 Å². The summed E-state index contributed by atoms with van der Waals surface area (Å²) in [7, 11) is 0. The first-order chi connectivity index (χ1) is 10.8. The molecular weight excluding hydrogens is 320 g/mol. The minimum atomic E-state index is -0.906. The predicted octanol–water partition coefficient (Wildman–Crippen LogP) is 2.15. The molecule has 1 aromatic carbocycles. The number of hydrogen-bond acceptors (Lipinski definition) is 4. The highest BCUT2D eigenvalue weighted by molar-refractivity contribution is 6.32. The van der Waals surface area contributed by atoms with Gasteiger partial charge in [0.05, 0.1) is 22.3 Å². The zero-order valence-corrected chi connectivity index (χ0v) is 13.5. The molecule has 1 amide bonds. The van der Waals surface area contributed by atoms with Gasteiger partial charge in [0, 0.05) is 6.54 Å². The number of carboxylic acid groups (broad SMARTS) is 1. The van der Waals surface area contributed by atoms with Crippen LogP contribution >= 0.6 is 11.6 Å². The fourth-order valence-electron chi connectivity index (χ4n) is 1.81. The topological polar surface area (TPSA) is 97.1 Å². The van der Waals surface area contributed by atoms with E-state index < -0.39 is 17.3 Å². The van der Waals surface area contributed by atoms with E-state index in [1.54, 1.807) is 38.1 Å². The standard InChI is InChI=1S/C15H17ClN4O3/c1-15(2,14(22)23)7-8-17-13(21)11-9-20(19-18-11)12-6-4-3-5-10(12)16/h3-6,9H,7-8H2,1-2H3,(H,17,21)(H,22,23). The van der Waals surface area contributed by atoms with Crippen LogP contribution in [0.25, 0.3) is 5.69 Å². The Balaban J connectivity index is 2.00. The first-order valence-corrected chi connectivity index (χ1v) is 7.38. The van der Waals surface area contributed by atoms with E-state index in [0.717, 1.165) is 0 Å². The first-order valence-electron chi connectivity index (χ1n) is 7.00. The lowest BCUT2D eigenvalue weighted by atomic mass is 9.90. The monoisotopic (exact) mass is 336 g/mol. The number of amides is 1. The van der Waals surface area contributed by atoms with Crippen LogP contribution in [0.3, 0.4) is 0 Å². The predicted molar refractivity (Wildman–Crippen MR) is 84.7 cm³/mol. The molecule has 0 atom stereocenters. The van der Waals surface area contributed by atoms with Crippen LogP contribution in [0.1, 0.15) is 30.8 Å². The summed E-state index contributed by atoms with van der Waals surface area (Å²) in [4.78, 5) is 23.0. The summed E-state index contributed by atoms with van der Waals surface area (Å²) in [6, 6.07) is 7.07. The Morgan fingerprint density at radius 2 is 2.04 bits per heavy atom. The van der Waals surface area contributed by atoms with E-state index >= 15 is 0 Å². The summed E-state index contributed by atoms with van der Waals surface area (Å²) in [6.45, 7) is 3.45. The number of halogens is 1. The van der Waals surface area contributed by atoms with Crippen LogP contribution in [0.2, 0.25) is 5.02 Å². The Bertz CT molecular complexity index is 727. The maximum atomic E-state index is 12.0. The number of nitrogens with zero attached hydrogens (tertiary/aromatic N) is 3. The number of hydrogen-bond donors (Lipinski definition) is 2. The second-order valence-corrected chi connectivity index (χ2v) is 6.10. The van der Waals surface area contributed by atoms with E-state index in [1.807, 2.05) is 0 Å². The lowest BCUT2D eigenvalue weighted by molar-refractivity contribution is -0.147. The van der Waals surface area contributed by atoms with Crippen molar-refractivity contribution in [3.63, 3.8) is 0 Å². The van der Waals surface area contributed by atoms with Crippen molar-refractivity contribution in [2.24, 2.45) is 5.41 Å². The number of rotatable bonds is 6. The van der Waals surface area contributed by atoms with E-state index in [9.17, 15) is 9.59 Å². The zero-order valence-electron chi connectivity index (χ0n) is 12.8. The number of para-hydroxylation sites is 1. The highest BCUT2D eigenvalue weighted by atomic mass is 35.5. The second-order valence-electron chi connectivity index (χ2n) is 5.69. The van der Waals surface area contributed by atoms with Crippen molar-refractivity contribution in [2.45, 2.75) is 20.3 Å². The average molecular weight is 337 g/mol. The number of benzene rings is 1. The van der Waals surface area contributed by atoms with Crippen molar-refractivity contribution in [1.82, 2.24) is 20.3 Å². The molecule has 1 aromatic heterocycles. The van der Waals surface area contributed by atoms with Crippen molar-refractivity contribution in [1.29, 1.82) is 0 Å². The summed E-state index contributed by atoms with van der Waals surface area (Å²) in [5.74, 6) is -1.32. The number of carbonyl (C=O) groups excluding carboxylic acids is 1. The summed E-state index contributed by atoms with van der Waals surface area (Å²) < 4.78 is 1.42. The van der Waals surface area contributed by atoms with Gasteiger partial charge < -0.3 is 10.4 Å². The van der Waals surface area contributed by atoms with Crippen LogP contribution in [0.4, 0.5) is 0 Å². The maximum Gasteiger partial charge on any atom is 0.309 e. The lowest BCUT2D eigenvalue weighted by Crippen LogP contribution is -2.32. The molecule has 0 aliphatic carbocycles. The van der Waals surface area contributed by atoms with Gasteiger partial charge in [0.25, 0.3) is 5.91 Å². The quantitative estimate of drug-likeness (QED) is 0.842. The fraction of sp³-hybridized carbons (Fsp3) is 0.333. The van der Waals surface area contributed by atoms with Gasteiger partial charge in [0.15, 0.2) is 5.69 Å². The molecule has 23 heavy (non-hydrogen) atoms. The molecule has 7 nitrogen and oxygen atoms in total. The molecule has 122 valence electrons. The lowest BCUT2D eigenvalue weighted by Gasteiger charge is -2.18. The van der Waals surface area contributed by atoms with E-state index in [-0.39, 0.29) is 12.2 Å². The van der Waals surface area contributed by atoms with Crippen LogP contribution in [0.5, 0.6) is 0 Å². The van der Waals surface area contributed by atoms with Gasteiger partial charge in [-0.05, 0) is 32.4 Å². The summed E-state index contributed by atoms with van der Waals surface area (Å²) in [5.41, 5.74) is -0.145. The van der Waals surface area contributed by atoms with E-state index in [4.69, 9.17) is 16.7 Å². The van der Waals surface area contributed by atoms with Crippen LogP contribution in [-0.2, 0) is 4.79 Å². The third kappa shape index (κ3) is 4.07. The summed E-state index contributed by atoms with van der Waals surface area (Å²) in [6.07, 6.45) is 1.78. The van der Waals surface area contributed by atoms with Crippen LogP contribution in [-0.4, -0.2) is 38.5 Å². The van der Waals surface area contributed by atoms with Crippen LogP contribution < -0.4 is 5.32 Å². The zero-order chi connectivity index (χ0) is 17.0. The first kappa shape index (κ1) is 17.0. The molecule has 0 fully saturated rings. The molecule has 0 saturated carbocycles. The third-order valence-electron chi connectivity index (χ3n) is 3.44. The Morgan fingerprint density at radius 1 is 1.35 bits per heavy atom. The van der Waals surface area contributed by atoms with Gasteiger partial charge in [-0.15, -0.1) is 5.10 Å². The molecule has 0 bridgehead atoms. The van der Waals surface area contributed by atoms with Crippen molar-refractivity contribution in [3.8, 4) is 5.69 Å². The number of aliphatic carboxylic acids is 1. The highest BCUT2D eigenvalue weighted by Crippen LogP contribution is 2.20. The van der Waals surface area contributed by atoms with Gasteiger partial charge in [-0.1, -0.05) is 28.9 Å². The van der Waals surface area contributed by atoms with Gasteiger partial charge in [-0.25, -0.2) is 4.68 Å². The molecule has 0 spiro atoms. The minimum Gasteiger partial charge on any atom is -0.481 e. The summed E-state index contributed by atoms with van der Waals surface area (Å²) >= 11 is 6.07. The molecular formula is C15H17ClN4O3. The molecule has 0 saturated heterocycles. The van der Waals surface area contributed by atoms with Crippen molar-refractivity contribution in [2.75, 3.05) is 6.54 Å². The van der Waals surface area contributed by atoms with Gasteiger partial charge >= 0.3 is 5.97 Å². The van der Waals surface area contributed by atoms with Crippen molar-refractivity contribution < 1.29 is 14.7 Å². The Hall–Kier alpha value is -2.41. The Kier molecular flexibility index (Phi) is 5.00. The molecule has 2 rings (SSSR count). The molecule has 8 heteroatoms. The van der Waals surface area contributed by atoms with E-state index in [0.29, 0.717) is 17.1 Å². The van der Waals surface area contributed by atoms with Crippen molar-refractivity contribution >= 4 is 23.5 Å². The van der Waals surface area contributed by atoms with Crippen LogP contribution in [0.15, 0.2) is 30.5 Å². The van der Waals surface area contributed by atoms with E-state index in [2.05, 4.69) is 15.6 Å². The largest absolute Gasteiger partial charge is 0.481 e. The Labute approximate surface area is 138 Å². The van der Waals surface area contributed by atoms with Gasteiger partial charge in [-0.2, -0.15) is 0 Å². The molecule has 2 aromatic rings. The summed E-state index contributed by atoms with van der Waals surface area (Å²) in [5, 5.41) is 19.8. The molecule has 2 N–H and O–H groups in total. The molecule has 0 radical (unpaired) electrons. The van der Waals surface area contributed by atoms with Gasteiger partial charge in [-0.3, -0.25) is 9.59 Å².